The van der Waals surface area contributed by atoms with Gasteiger partial charge in [0.05, 0.1) is 0 Å². The Labute approximate surface area is 103 Å². The Hall–Kier alpha value is -0.530. The minimum atomic E-state index is 0.705. The fraction of sp³-hybridized carbons (Fsp3) is 0.571. The molecule has 1 aromatic rings. The molecular formula is C14H20ClN. The molecule has 1 aromatic carbocycles. The third-order valence-corrected chi connectivity index (χ3v) is 3.86. The molecule has 16 heavy (non-hydrogen) atoms. The molecule has 1 heterocycles. The summed E-state index contributed by atoms with van der Waals surface area (Å²) >= 11 is 5.89. The first-order chi connectivity index (χ1) is 7.81. The van der Waals surface area contributed by atoms with Crippen molar-refractivity contribution in [3.8, 4) is 0 Å². The minimum Gasteiger partial charge on any atom is -0.299 e. The largest absolute Gasteiger partial charge is 0.299 e. The normalized spacial score (nSPS) is 21.5. The van der Waals surface area contributed by atoms with Crippen molar-refractivity contribution in [1.29, 1.82) is 0 Å². The number of nitrogens with zero attached hydrogens (tertiary/aromatic N) is 1. The van der Waals surface area contributed by atoms with E-state index in [-0.39, 0.29) is 0 Å². The van der Waals surface area contributed by atoms with Crippen LogP contribution in [-0.4, -0.2) is 23.9 Å². The summed E-state index contributed by atoms with van der Waals surface area (Å²) in [6.07, 6.45) is 2.38. The highest BCUT2D eigenvalue weighted by molar-refractivity contribution is 6.18. The van der Waals surface area contributed by atoms with Gasteiger partial charge in [-0.05, 0) is 36.4 Å². The fourth-order valence-corrected chi connectivity index (χ4v) is 2.57. The number of halogens is 1. The molecule has 2 heteroatoms. The molecule has 88 valence electrons. The highest BCUT2D eigenvalue weighted by Crippen LogP contribution is 2.19. The van der Waals surface area contributed by atoms with Gasteiger partial charge in [0.2, 0.25) is 0 Å². The van der Waals surface area contributed by atoms with Crippen LogP contribution in [0.5, 0.6) is 0 Å². The summed E-state index contributed by atoms with van der Waals surface area (Å²) in [5.74, 6) is 1.52. The Kier molecular flexibility index (Phi) is 4.25. The van der Waals surface area contributed by atoms with Crippen LogP contribution >= 0.6 is 11.6 Å². The molecular weight excluding hydrogens is 218 g/mol. The molecule has 0 radical (unpaired) electrons. The van der Waals surface area contributed by atoms with Crippen molar-refractivity contribution in [2.75, 3.05) is 19.0 Å². The van der Waals surface area contributed by atoms with Crippen LogP contribution in [0.4, 0.5) is 0 Å². The molecule has 0 aromatic heterocycles. The minimum absolute atomic E-state index is 0.705. The molecule has 0 N–H and O–H groups in total. The van der Waals surface area contributed by atoms with Crippen molar-refractivity contribution in [3.05, 3.63) is 35.4 Å². The molecule has 1 aliphatic heterocycles. The van der Waals surface area contributed by atoms with Crippen molar-refractivity contribution in [3.63, 3.8) is 0 Å². The van der Waals surface area contributed by atoms with E-state index in [9.17, 15) is 0 Å². The first kappa shape index (κ1) is 11.9. The zero-order valence-corrected chi connectivity index (χ0v) is 10.7. The Bertz CT molecular complexity index is 320. The maximum absolute atomic E-state index is 5.89. The maximum atomic E-state index is 5.89. The number of likely N-dealkylation sites (tertiary alicyclic amines) is 1. The average Bonchev–Trinajstić information content (AvgIpc) is 2.78. The molecule has 1 unspecified atom stereocenters. The van der Waals surface area contributed by atoms with Gasteiger partial charge < -0.3 is 0 Å². The lowest BCUT2D eigenvalue weighted by molar-refractivity contribution is 0.321. The van der Waals surface area contributed by atoms with Gasteiger partial charge in [-0.1, -0.05) is 31.2 Å². The van der Waals surface area contributed by atoms with Gasteiger partial charge in [0.1, 0.15) is 0 Å². The van der Waals surface area contributed by atoms with E-state index in [0.29, 0.717) is 5.92 Å². The van der Waals surface area contributed by atoms with Gasteiger partial charge >= 0.3 is 0 Å². The number of hydrogen-bond donors (Lipinski definition) is 0. The van der Waals surface area contributed by atoms with Crippen LogP contribution in [-0.2, 0) is 13.0 Å². The summed E-state index contributed by atoms with van der Waals surface area (Å²) in [6.45, 7) is 5.64. The highest BCUT2D eigenvalue weighted by Gasteiger charge is 2.21. The van der Waals surface area contributed by atoms with E-state index in [1.54, 1.807) is 0 Å². The first-order valence-corrected chi connectivity index (χ1v) is 6.71. The zero-order chi connectivity index (χ0) is 11.4. The van der Waals surface area contributed by atoms with E-state index in [1.807, 2.05) is 0 Å². The van der Waals surface area contributed by atoms with Crippen LogP contribution in [0.3, 0.4) is 0 Å². The molecule has 0 aliphatic carbocycles. The Morgan fingerprint density at radius 2 is 1.94 bits per heavy atom. The molecule has 0 saturated carbocycles. The third kappa shape index (κ3) is 2.99. The van der Waals surface area contributed by atoms with Crippen LogP contribution in [0, 0.1) is 5.92 Å². The van der Waals surface area contributed by atoms with Crippen molar-refractivity contribution < 1.29 is 0 Å². The van der Waals surface area contributed by atoms with Crippen molar-refractivity contribution >= 4 is 11.6 Å². The fourth-order valence-electron chi connectivity index (χ4n) is 2.32. The molecule has 0 amide bonds. The van der Waals surface area contributed by atoms with Gasteiger partial charge in [0, 0.05) is 19.0 Å². The summed E-state index contributed by atoms with van der Waals surface area (Å²) in [5, 5.41) is 0. The SMILES string of the molecule is CCc1ccc(CN2CCC(CCl)C2)cc1. The highest BCUT2D eigenvalue weighted by atomic mass is 35.5. The molecule has 0 spiro atoms. The molecule has 1 aliphatic rings. The van der Waals surface area contributed by atoms with Crippen molar-refractivity contribution in [2.45, 2.75) is 26.3 Å². The van der Waals surface area contributed by atoms with Gasteiger partial charge in [-0.2, -0.15) is 0 Å². The van der Waals surface area contributed by atoms with E-state index in [2.05, 4.69) is 36.1 Å². The Morgan fingerprint density at radius 1 is 1.25 bits per heavy atom. The maximum Gasteiger partial charge on any atom is 0.0264 e. The van der Waals surface area contributed by atoms with Gasteiger partial charge in [-0.15, -0.1) is 11.6 Å². The summed E-state index contributed by atoms with van der Waals surface area (Å²) < 4.78 is 0. The molecule has 1 saturated heterocycles. The second-order valence-corrected chi connectivity index (χ2v) is 5.02. The Balaban J connectivity index is 1.89. The lowest BCUT2D eigenvalue weighted by Crippen LogP contribution is -2.20. The first-order valence-electron chi connectivity index (χ1n) is 6.18. The van der Waals surface area contributed by atoms with Crippen molar-refractivity contribution in [2.24, 2.45) is 5.92 Å². The van der Waals surface area contributed by atoms with E-state index < -0.39 is 0 Å². The van der Waals surface area contributed by atoms with Crippen LogP contribution in [0.2, 0.25) is 0 Å². The monoisotopic (exact) mass is 237 g/mol. The van der Waals surface area contributed by atoms with E-state index in [0.717, 1.165) is 18.8 Å². The van der Waals surface area contributed by atoms with E-state index in [1.165, 1.54) is 30.6 Å². The lowest BCUT2D eigenvalue weighted by Gasteiger charge is -2.15. The molecule has 1 fully saturated rings. The van der Waals surface area contributed by atoms with Gasteiger partial charge in [0.15, 0.2) is 0 Å². The summed E-state index contributed by atoms with van der Waals surface area (Å²) in [5.41, 5.74) is 2.84. The number of alkyl halides is 1. The zero-order valence-electron chi connectivity index (χ0n) is 9.95. The van der Waals surface area contributed by atoms with Gasteiger partial charge in [-0.3, -0.25) is 4.90 Å². The topological polar surface area (TPSA) is 3.24 Å². The van der Waals surface area contributed by atoms with Crippen molar-refractivity contribution in [1.82, 2.24) is 4.90 Å². The van der Waals surface area contributed by atoms with E-state index >= 15 is 0 Å². The second kappa shape index (κ2) is 5.70. The van der Waals surface area contributed by atoms with Gasteiger partial charge in [-0.25, -0.2) is 0 Å². The third-order valence-electron chi connectivity index (χ3n) is 3.43. The molecule has 0 bridgehead atoms. The standard InChI is InChI=1S/C14H20ClN/c1-2-12-3-5-13(6-4-12)10-16-8-7-14(9-15)11-16/h3-6,14H,2,7-11H2,1H3. The second-order valence-electron chi connectivity index (χ2n) is 4.71. The smallest absolute Gasteiger partial charge is 0.0264 e. The van der Waals surface area contributed by atoms with Crippen LogP contribution < -0.4 is 0 Å². The van der Waals surface area contributed by atoms with Crippen LogP contribution in [0.1, 0.15) is 24.5 Å². The number of rotatable bonds is 4. The van der Waals surface area contributed by atoms with Crippen LogP contribution in [0.15, 0.2) is 24.3 Å². The number of aryl methyl sites for hydroxylation is 1. The predicted molar refractivity (Wildman–Crippen MR) is 69.9 cm³/mol. The number of hydrogen-bond acceptors (Lipinski definition) is 1. The number of benzene rings is 1. The quantitative estimate of drug-likeness (QED) is 0.727. The molecule has 2 rings (SSSR count). The molecule has 1 nitrogen and oxygen atoms in total. The van der Waals surface area contributed by atoms with E-state index in [4.69, 9.17) is 11.6 Å². The summed E-state index contributed by atoms with van der Waals surface area (Å²) in [6, 6.07) is 8.99. The van der Waals surface area contributed by atoms with Gasteiger partial charge in [0.25, 0.3) is 0 Å². The molecule has 1 atom stereocenters. The summed E-state index contributed by atoms with van der Waals surface area (Å²) in [7, 11) is 0. The Morgan fingerprint density at radius 3 is 2.50 bits per heavy atom. The summed E-state index contributed by atoms with van der Waals surface area (Å²) in [4.78, 5) is 2.51. The van der Waals surface area contributed by atoms with Crippen LogP contribution in [0.25, 0.3) is 0 Å². The predicted octanol–water partition coefficient (Wildman–Crippen LogP) is 3.31. The average molecular weight is 238 g/mol. The lowest BCUT2D eigenvalue weighted by atomic mass is 10.1.